The fourth-order valence-electron chi connectivity index (χ4n) is 3.89. The third kappa shape index (κ3) is 3.91. The number of carbonyl (C=O) groups is 2. The van der Waals surface area contributed by atoms with Gasteiger partial charge in [0, 0.05) is 24.7 Å². The monoisotopic (exact) mass is 455 g/mol. The van der Waals surface area contributed by atoms with Crippen molar-refractivity contribution in [2.75, 3.05) is 37.1 Å². The molecule has 2 aliphatic rings. The van der Waals surface area contributed by atoms with Gasteiger partial charge in [-0.3, -0.25) is 14.9 Å². The van der Waals surface area contributed by atoms with Crippen molar-refractivity contribution in [3.8, 4) is 11.5 Å². The van der Waals surface area contributed by atoms with Crippen LogP contribution in [0, 0.1) is 5.82 Å². The Bertz CT molecular complexity index is 1130. The molecule has 166 valence electrons. The number of anilines is 2. The molecule has 9 heteroatoms. The van der Waals surface area contributed by atoms with Gasteiger partial charge in [0.2, 0.25) is 0 Å². The van der Waals surface area contributed by atoms with Gasteiger partial charge < -0.3 is 14.4 Å². The molecular weight excluding hydrogens is 433 g/mol. The van der Waals surface area contributed by atoms with Gasteiger partial charge in [0.1, 0.15) is 22.9 Å². The predicted molar refractivity (Wildman–Crippen MR) is 124 cm³/mol. The van der Waals surface area contributed by atoms with Crippen molar-refractivity contribution in [2.45, 2.75) is 12.8 Å². The summed E-state index contributed by atoms with van der Waals surface area (Å²) < 4.78 is 25.5. The van der Waals surface area contributed by atoms with E-state index < -0.39 is 17.6 Å². The van der Waals surface area contributed by atoms with Crippen LogP contribution in [0.4, 0.5) is 15.8 Å². The second kappa shape index (κ2) is 8.96. The van der Waals surface area contributed by atoms with Gasteiger partial charge in [0.25, 0.3) is 11.8 Å². The topological polar surface area (TPSA) is 71.1 Å². The summed E-state index contributed by atoms with van der Waals surface area (Å²) in [6.07, 6.45) is 3.60. The normalized spacial score (nSPS) is 17.7. The molecule has 0 spiro atoms. The Kier molecular flexibility index (Phi) is 6.09. The first-order chi connectivity index (χ1) is 15.4. The molecule has 2 heterocycles. The fraction of sp³-hybridized carbons (Fsp3) is 0.261. The third-order valence-corrected chi connectivity index (χ3v) is 5.76. The summed E-state index contributed by atoms with van der Waals surface area (Å²) in [7, 11) is 3.08. The van der Waals surface area contributed by atoms with Gasteiger partial charge in [-0.25, -0.2) is 9.29 Å². The van der Waals surface area contributed by atoms with Crippen LogP contribution in [0.25, 0.3) is 6.08 Å². The van der Waals surface area contributed by atoms with Crippen molar-refractivity contribution in [3.05, 3.63) is 53.4 Å². The number of nitrogens with one attached hydrogen (secondary N) is 1. The number of amides is 2. The number of hydrogen-bond donors (Lipinski definition) is 1. The zero-order chi connectivity index (χ0) is 22.8. The summed E-state index contributed by atoms with van der Waals surface area (Å²) in [5.74, 6) is -0.949. The second-order valence-corrected chi connectivity index (χ2v) is 7.76. The average Bonchev–Trinajstić information content (AvgIpc) is 3.32. The number of halogens is 1. The van der Waals surface area contributed by atoms with Gasteiger partial charge in [0.05, 0.1) is 25.6 Å². The zero-order valence-corrected chi connectivity index (χ0v) is 18.5. The highest BCUT2D eigenvalue weighted by Crippen LogP contribution is 2.38. The van der Waals surface area contributed by atoms with E-state index in [-0.39, 0.29) is 16.4 Å². The van der Waals surface area contributed by atoms with Crippen LogP contribution >= 0.6 is 12.2 Å². The lowest BCUT2D eigenvalue weighted by Gasteiger charge is -2.29. The van der Waals surface area contributed by atoms with Gasteiger partial charge >= 0.3 is 0 Å². The molecule has 7 nitrogen and oxygen atoms in total. The average molecular weight is 456 g/mol. The van der Waals surface area contributed by atoms with E-state index in [2.05, 4.69) is 10.2 Å². The van der Waals surface area contributed by atoms with Crippen molar-refractivity contribution >= 4 is 46.6 Å². The Morgan fingerprint density at radius 2 is 1.72 bits per heavy atom. The van der Waals surface area contributed by atoms with Crippen LogP contribution in [0.2, 0.25) is 0 Å². The van der Waals surface area contributed by atoms with Gasteiger partial charge in [-0.1, -0.05) is 12.1 Å². The number of carbonyl (C=O) groups excluding carboxylic acids is 2. The highest BCUT2D eigenvalue weighted by Gasteiger charge is 2.36. The number of thiocarbonyl (C=S) groups is 1. The van der Waals surface area contributed by atoms with Gasteiger partial charge in [-0.15, -0.1) is 0 Å². The predicted octanol–water partition coefficient (Wildman–Crippen LogP) is 3.27. The third-order valence-electron chi connectivity index (χ3n) is 5.47. The SMILES string of the molecule is COc1cc(N2CCCC2)c(OC)cc1C=C1C(=O)NC(=S)N(c2ccccc2F)C1=O. The second-order valence-electron chi connectivity index (χ2n) is 7.37. The molecule has 0 bridgehead atoms. The minimum Gasteiger partial charge on any atom is -0.496 e. The van der Waals surface area contributed by atoms with E-state index in [0.29, 0.717) is 17.1 Å². The van der Waals surface area contributed by atoms with Crippen molar-refractivity contribution < 1.29 is 23.5 Å². The van der Waals surface area contributed by atoms with Crippen molar-refractivity contribution in [1.82, 2.24) is 5.32 Å². The van der Waals surface area contributed by atoms with E-state index in [1.807, 2.05) is 6.07 Å². The molecule has 0 saturated carbocycles. The molecule has 0 aromatic heterocycles. The number of ether oxygens (including phenoxy) is 2. The number of hydrogen-bond acceptors (Lipinski definition) is 6. The highest BCUT2D eigenvalue weighted by atomic mass is 32.1. The van der Waals surface area contributed by atoms with E-state index in [1.54, 1.807) is 19.2 Å². The van der Waals surface area contributed by atoms with Crippen LogP contribution in [0.3, 0.4) is 0 Å². The lowest BCUT2D eigenvalue weighted by atomic mass is 10.0. The maximum Gasteiger partial charge on any atom is 0.270 e. The van der Waals surface area contributed by atoms with Crippen molar-refractivity contribution in [3.63, 3.8) is 0 Å². The summed E-state index contributed by atoms with van der Waals surface area (Å²) in [5, 5.41) is 2.28. The summed E-state index contributed by atoms with van der Waals surface area (Å²) in [6, 6.07) is 9.28. The maximum absolute atomic E-state index is 14.4. The van der Waals surface area contributed by atoms with Crippen molar-refractivity contribution in [1.29, 1.82) is 0 Å². The number of methoxy groups -OCH3 is 2. The molecule has 2 aliphatic heterocycles. The van der Waals surface area contributed by atoms with E-state index in [9.17, 15) is 14.0 Å². The lowest BCUT2D eigenvalue weighted by Crippen LogP contribution is -2.54. The Hall–Kier alpha value is -3.46. The molecule has 0 atom stereocenters. The standard InChI is InChI=1S/C23H22FN3O4S/c1-30-19-13-18(26-9-5-6-10-26)20(31-2)12-14(19)11-15-21(28)25-23(32)27(22(15)29)17-8-4-3-7-16(17)24/h3-4,7-8,11-13H,5-6,9-10H2,1-2H3,(H,25,28,32). The van der Waals surface area contributed by atoms with Gasteiger partial charge in [-0.2, -0.15) is 0 Å². The van der Waals surface area contributed by atoms with E-state index in [1.165, 1.54) is 31.4 Å². The smallest absolute Gasteiger partial charge is 0.270 e. The number of para-hydroxylation sites is 1. The highest BCUT2D eigenvalue weighted by molar-refractivity contribution is 7.80. The molecule has 0 aliphatic carbocycles. The minimum absolute atomic E-state index is 0.0395. The summed E-state index contributed by atoms with van der Waals surface area (Å²) in [5.41, 5.74) is 1.13. The largest absolute Gasteiger partial charge is 0.496 e. The van der Waals surface area contributed by atoms with E-state index in [4.69, 9.17) is 21.7 Å². The molecule has 1 N–H and O–H groups in total. The van der Waals surface area contributed by atoms with E-state index in [0.717, 1.165) is 36.5 Å². The lowest BCUT2D eigenvalue weighted by molar-refractivity contribution is -0.122. The Morgan fingerprint density at radius 1 is 1.03 bits per heavy atom. The number of benzene rings is 2. The van der Waals surface area contributed by atoms with Crippen LogP contribution in [0.15, 0.2) is 42.0 Å². The molecule has 4 rings (SSSR count). The van der Waals surface area contributed by atoms with Gasteiger partial charge in [0.15, 0.2) is 5.11 Å². The Morgan fingerprint density at radius 3 is 2.38 bits per heavy atom. The summed E-state index contributed by atoms with van der Waals surface area (Å²) in [6.45, 7) is 1.83. The summed E-state index contributed by atoms with van der Waals surface area (Å²) in [4.78, 5) is 29.0. The van der Waals surface area contributed by atoms with Crippen LogP contribution in [0.1, 0.15) is 18.4 Å². The molecule has 2 saturated heterocycles. The van der Waals surface area contributed by atoms with E-state index >= 15 is 0 Å². The molecule has 2 aromatic carbocycles. The molecule has 32 heavy (non-hydrogen) atoms. The van der Waals surface area contributed by atoms with Crippen molar-refractivity contribution in [2.24, 2.45) is 0 Å². The zero-order valence-electron chi connectivity index (χ0n) is 17.7. The number of nitrogens with zero attached hydrogens (tertiary/aromatic N) is 2. The van der Waals surface area contributed by atoms with Crippen LogP contribution in [-0.4, -0.2) is 44.2 Å². The van der Waals surface area contributed by atoms with Crippen LogP contribution in [-0.2, 0) is 9.59 Å². The fourth-order valence-corrected chi connectivity index (χ4v) is 4.16. The summed E-state index contributed by atoms with van der Waals surface area (Å²) >= 11 is 5.14. The molecule has 2 aromatic rings. The minimum atomic E-state index is -0.728. The van der Waals surface area contributed by atoms with Crippen LogP contribution < -0.4 is 24.6 Å². The molecule has 2 fully saturated rings. The first kappa shape index (κ1) is 21.8. The Labute approximate surface area is 190 Å². The molecular formula is C23H22FN3O4S. The Balaban J connectivity index is 1.78. The molecule has 0 radical (unpaired) electrons. The number of rotatable bonds is 5. The molecule has 0 unspecified atom stereocenters. The maximum atomic E-state index is 14.4. The quantitative estimate of drug-likeness (QED) is 0.424. The van der Waals surface area contributed by atoms with Gasteiger partial charge in [-0.05, 0) is 49.3 Å². The molecule has 2 amide bonds. The first-order valence-electron chi connectivity index (χ1n) is 10.1. The first-order valence-corrected chi connectivity index (χ1v) is 10.5. The van der Waals surface area contributed by atoms with Crippen LogP contribution in [0.5, 0.6) is 11.5 Å².